The molecule has 0 aliphatic heterocycles. The molecule has 1 aliphatic carbocycles. The van der Waals surface area contributed by atoms with E-state index in [2.05, 4.69) is 43.5 Å². The second kappa shape index (κ2) is 8.06. The van der Waals surface area contributed by atoms with E-state index in [1.807, 2.05) is 11.8 Å². The van der Waals surface area contributed by atoms with Crippen LogP contribution in [0.4, 0.5) is 0 Å². The Bertz CT molecular complexity index is 408. The third kappa shape index (κ3) is 4.51. The summed E-state index contributed by atoms with van der Waals surface area (Å²) in [4.78, 5) is 1.35. The van der Waals surface area contributed by atoms with Crippen molar-refractivity contribution in [3.63, 3.8) is 0 Å². The first-order valence-corrected chi connectivity index (χ1v) is 8.87. The van der Waals surface area contributed by atoms with Gasteiger partial charge in [-0.2, -0.15) is 0 Å². The molecule has 20 heavy (non-hydrogen) atoms. The summed E-state index contributed by atoms with van der Waals surface area (Å²) in [5, 5.41) is 0. The average molecular weight is 292 g/mol. The highest BCUT2D eigenvalue weighted by Gasteiger charge is 2.27. The van der Waals surface area contributed by atoms with Crippen molar-refractivity contribution in [2.45, 2.75) is 56.9 Å². The van der Waals surface area contributed by atoms with Gasteiger partial charge in [0.15, 0.2) is 0 Å². The van der Waals surface area contributed by atoms with E-state index in [0.29, 0.717) is 6.04 Å². The minimum Gasteiger partial charge on any atom is -0.271 e. The molecule has 3 atom stereocenters. The zero-order valence-electron chi connectivity index (χ0n) is 12.8. The van der Waals surface area contributed by atoms with Gasteiger partial charge in [0.1, 0.15) is 0 Å². The van der Waals surface area contributed by atoms with Crippen molar-refractivity contribution in [1.29, 1.82) is 0 Å². The van der Waals surface area contributed by atoms with Crippen molar-refractivity contribution >= 4 is 11.8 Å². The van der Waals surface area contributed by atoms with Gasteiger partial charge in [0.2, 0.25) is 0 Å². The number of rotatable bonds is 6. The van der Waals surface area contributed by atoms with Crippen LogP contribution in [0.1, 0.15) is 44.6 Å². The van der Waals surface area contributed by atoms with Crippen LogP contribution in [-0.4, -0.2) is 11.8 Å². The molecule has 1 fully saturated rings. The normalized spacial score (nSPS) is 24.6. The van der Waals surface area contributed by atoms with E-state index < -0.39 is 0 Å². The van der Waals surface area contributed by atoms with Gasteiger partial charge in [0.25, 0.3) is 0 Å². The van der Waals surface area contributed by atoms with Crippen LogP contribution in [0.2, 0.25) is 0 Å². The quantitative estimate of drug-likeness (QED) is 0.470. The first kappa shape index (κ1) is 15.9. The lowest BCUT2D eigenvalue weighted by Gasteiger charge is -2.33. The van der Waals surface area contributed by atoms with Crippen LogP contribution in [0.3, 0.4) is 0 Å². The van der Waals surface area contributed by atoms with Crippen LogP contribution in [0.15, 0.2) is 29.2 Å². The van der Waals surface area contributed by atoms with E-state index in [1.54, 1.807) is 0 Å². The van der Waals surface area contributed by atoms with E-state index in [9.17, 15) is 0 Å². The van der Waals surface area contributed by atoms with Crippen molar-refractivity contribution in [2.24, 2.45) is 17.7 Å². The summed E-state index contributed by atoms with van der Waals surface area (Å²) in [6.45, 7) is 4.47. The molecular weight excluding hydrogens is 264 g/mol. The molecule has 0 amide bonds. The fourth-order valence-electron chi connectivity index (χ4n) is 3.28. The van der Waals surface area contributed by atoms with E-state index in [-0.39, 0.29) is 0 Å². The van der Waals surface area contributed by atoms with Gasteiger partial charge >= 0.3 is 0 Å². The summed E-state index contributed by atoms with van der Waals surface area (Å²) in [5.41, 5.74) is 4.41. The van der Waals surface area contributed by atoms with Gasteiger partial charge in [-0.05, 0) is 43.7 Å². The highest BCUT2D eigenvalue weighted by Crippen LogP contribution is 2.34. The maximum absolute atomic E-state index is 5.82. The van der Waals surface area contributed by atoms with Crippen LogP contribution < -0.4 is 11.3 Å². The standard InChI is InChI=1S/C17H28N2S/c1-3-14-7-5-8-15(11-14)17(19-18)12-20-16-9-4-6-13(2)10-16/h4,6,9-10,14-15,17,19H,3,5,7-8,11-12,18H2,1-2H3. The summed E-state index contributed by atoms with van der Waals surface area (Å²) in [6.07, 6.45) is 6.78. The predicted molar refractivity (Wildman–Crippen MR) is 88.8 cm³/mol. The Morgan fingerprint density at radius 3 is 2.95 bits per heavy atom. The van der Waals surface area contributed by atoms with Crippen molar-refractivity contribution in [3.05, 3.63) is 29.8 Å². The minimum atomic E-state index is 0.440. The zero-order valence-corrected chi connectivity index (χ0v) is 13.6. The Labute approximate surface area is 127 Å². The van der Waals surface area contributed by atoms with Gasteiger partial charge in [-0.15, -0.1) is 11.8 Å². The Kier molecular flexibility index (Phi) is 6.40. The number of hydrogen-bond acceptors (Lipinski definition) is 3. The molecule has 1 aromatic rings. The molecule has 0 heterocycles. The largest absolute Gasteiger partial charge is 0.271 e. The molecule has 3 unspecified atom stereocenters. The molecule has 0 saturated heterocycles. The molecule has 0 spiro atoms. The molecule has 2 nitrogen and oxygen atoms in total. The van der Waals surface area contributed by atoms with Crippen LogP contribution >= 0.6 is 11.8 Å². The second-order valence-electron chi connectivity index (χ2n) is 6.10. The number of thioether (sulfide) groups is 1. The van der Waals surface area contributed by atoms with Crippen LogP contribution in [-0.2, 0) is 0 Å². The highest BCUT2D eigenvalue weighted by atomic mass is 32.2. The Balaban J connectivity index is 1.88. The molecule has 1 saturated carbocycles. The fraction of sp³-hybridized carbons (Fsp3) is 0.647. The minimum absolute atomic E-state index is 0.440. The molecule has 3 heteroatoms. The lowest BCUT2D eigenvalue weighted by molar-refractivity contribution is 0.219. The summed E-state index contributed by atoms with van der Waals surface area (Å²) in [6, 6.07) is 9.18. The number of nitrogens with two attached hydrogens (primary N) is 1. The summed E-state index contributed by atoms with van der Waals surface area (Å²) in [5.74, 6) is 8.55. The third-order valence-corrected chi connectivity index (χ3v) is 5.72. The number of nitrogens with one attached hydrogen (secondary N) is 1. The number of benzene rings is 1. The van der Waals surface area contributed by atoms with E-state index >= 15 is 0 Å². The summed E-state index contributed by atoms with van der Waals surface area (Å²) < 4.78 is 0. The maximum Gasteiger partial charge on any atom is 0.0332 e. The molecule has 0 aromatic heterocycles. The van der Waals surface area contributed by atoms with E-state index in [4.69, 9.17) is 5.84 Å². The smallest absolute Gasteiger partial charge is 0.0332 e. The molecule has 0 radical (unpaired) electrons. The number of hydrogen-bond donors (Lipinski definition) is 2. The molecule has 1 aliphatic rings. The Morgan fingerprint density at radius 1 is 1.40 bits per heavy atom. The number of aryl methyl sites for hydroxylation is 1. The van der Waals surface area contributed by atoms with Crippen LogP contribution in [0.5, 0.6) is 0 Å². The number of hydrazine groups is 1. The average Bonchev–Trinajstić information content (AvgIpc) is 2.48. The zero-order chi connectivity index (χ0) is 14.4. The first-order chi connectivity index (χ1) is 9.72. The molecule has 1 aromatic carbocycles. The Hall–Kier alpha value is -0.510. The van der Waals surface area contributed by atoms with Gasteiger partial charge in [-0.25, -0.2) is 0 Å². The van der Waals surface area contributed by atoms with Gasteiger partial charge in [-0.3, -0.25) is 11.3 Å². The van der Waals surface area contributed by atoms with Crippen molar-refractivity contribution < 1.29 is 0 Å². The van der Waals surface area contributed by atoms with Gasteiger partial charge in [0, 0.05) is 16.7 Å². The van der Waals surface area contributed by atoms with Crippen LogP contribution in [0, 0.1) is 18.8 Å². The molecule has 3 N–H and O–H groups in total. The molecule has 112 valence electrons. The second-order valence-corrected chi connectivity index (χ2v) is 7.20. The topological polar surface area (TPSA) is 38.0 Å². The first-order valence-electron chi connectivity index (χ1n) is 7.88. The van der Waals surface area contributed by atoms with E-state index in [0.717, 1.165) is 17.6 Å². The molecular formula is C17H28N2S. The summed E-state index contributed by atoms with van der Waals surface area (Å²) in [7, 11) is 0. The third-order valence-electron chi connectivity index (χ3n) is 4.60. The molecule has 0 bridgehead atoms. The predicted octanol–water partition coefficient (Wildman–Crippen LogP) is 4.14. The van der Waals surface area contributed by atoms with E-state index in [1.165, 1.54) is 42.6 Å². The monoisotopic (exact) mass is 292 g/mol. The highest BCUT2D eigenvalue weighted by molar-refractivity contribution is 7.99. The van der Waals surface area contributed by atoms with Crippen LogP contribution in [0.25, 0.3) is 0 Å². The Morgan fingerprint density at radius 2 is 2.25 bits per heavy atom. The van der Waals surface area contributed by atoms with Crippen molar-refractivity contribution in [3.8, 4) is 0 Å². The lowest BCUT2D eigenvalue weighted by Crippen LogP contribution is -2.44. The molecule has 2 rings (SSSR count). The summed E-state index contributed by atoms with van der Waals surface area (Å²) >= 11 is 1.93. The van der Waals surface area contributed by atoms with Crippen molar-refractivity contribution in [2.75, 3.05) is 5.75 Å². The lowest BCUT2D eigenvalue weighted by atomic mass is 9.77. The SMILES string of the molecule is CCC1CCCC(C(CSc2cccc(C)c2)NN)C1. The van der Waals surface area contributed by atoms with Gasteiger partial charge < -0.3 is 0 Å². The van der Waals surface area contributed by atoms with Gasteiger partial charge in [0.05, 0.1) is 0 Å². The maximum atomic E-state index is 5.82. The van der Waals surface area contributed by atoms with Crippen molar-refractivity contribution in [1.82, 2.24) is 5.43 Å². The van der Waals surface area contributed by atoms with Gasteiger partial charge in [-0.1, -0.05) is 43.9 Å². The fourth-order valence-corrected chi connectivity index (χ4v) is 4.46.